The summed E-state index contributed by atoms with van der Waals surface area (Å²) in [5.41, 5.74) is 0.169. The number of rotatable bonds is 1. The van der Waals surface area contributed by atoms with Crippen molar-refractivity contribution in [1.82, 2.24) is 9.97 Å². The van der Waals surface area contributed by atoms with Crippen LogP contribution in [0.4, 0.5) is 0 Å². The maximum absolute atomic E-state index is 11.5. The summed E-state index contributed by atoms with van der Waals surface area (Å²) < 4.78 is 0.145. The monoisotopic (exact) mass is 382 g/mol. The molecule has 0 atom stereocenters. The summed E-state index contributed by atoms with van der Waals surface area (Å²) in [7, 11) is 0. The standard InChI is InChI=1S/C10H5Cl2IN2O2/c11-5-2-1-4(3-6(5)12)8-14-9(16)7(13)10(17)15-8/h1-3H,(H2,14,15,16,17). The molecule has 0 saturated heterocycles. The van der Waals surface area contributed by atoms with Crippen molar-refractivity contribution in [2.24, 2.45) is 0 Å². The predicted molar refractivity (Wildman–Crippen MR) is 74.7 cm³/mol. The molecule has 0 bridgehead atoms. The minimum absolute atomic E-state index is 0.145. The molecule has 0 aliphatic carbocycles. The molecule has 7 heteroatoms. The highest BCUT2D eigenvalue weighted by molar-refractivity contribution is 14.1. The van der Waals surface area contributed by atoms with E-state index < -0.39 is 5.56 Å². The molecular weight excluding hydrogens is 378 g/mol. The lowest BCUT2D eigenvalue weighted by Crippen LogP contribution is -2.12. The Kier molecular flexibility index (Phi) is 3.60. The van der Waals surface area contributed by atoms with Crippen LogP contribution in [0.1, 0.15) is 0 Å². The summed E-state index contributed by atoms with van der Waals surface area (Å²) in [5, 5.41) is 10.2. The fourth-order valence-corrected chi connectivity index (χ4v) is 1.78. The number of aromatic amines is 1. The lowest BCUT2D eigenvalue weighted by Gasteiger charge is -2.04. The first-order valence-electron chi connectivity index (χ1n) is 4.43. The molecule has 0 aliphatic rings. The van der Waals surface area contributed by atoms with Gasteiger partial charge < -0.3 is 10.1 Å². The second-order valence-electron chi connectivity index (χ2n) is 3.18. The fourth-order valence-electron chi connectivity index (χ4n) is 1.23. The predicted octanol–water partition coefficient (Wildman–Crippen LogP) is 3.05. The van der Waals surface area contributed by atoms with Gasteiger partial charge >= 0.3 is 0 Å². The van der Waals surface area contributed by atoms with Crippen molar-refractivity contribution >= 4 is 45.8 Å². The Morgan fingerprint density at radius 3 is 2.59 bits per heavy atom. The number of nitrogens with one attached hydrogen (secondary N) is 1. The van der Waals surface area contributed by atoms with Crippen molar-refractivity contribution in [3.8, 4) is 17.3 Å². The van der Waals surface area contributed by atoms with Crippen molar-refractivity contribution in [1.29, 1.82) is 0 Å². The molecule has 17 heavy (non-hydrogen) atoms. The third-order valence-corrected chi connectivity index (χ3v) is 3.75. The Hall–Kier alpha value is -0.790. The van der Waals surface area contributed by atoms with Gasteiger partial charge in [0.25, 0.3) is 5.56 Å². The van der Waals surface area contributed by atoms with Crippen LogP contribution in [-0.2, 0) is 0 Å². The molecule has 0 radical (unpaired) electrons. The third kappa shape index (κ3) is 2.56. The molecule has 4 nitrogen and oxygen atoms in total. The molecule has 1 aromatic carbocycles. The summed E-state index contributed by atoms with van der Waals surface area (Å²) in [6.07, 6.45) is 0. The molecule has 2 N–H and O–H groups in total. The molecular formula is C10H5Cl2IN2O2. The Morgan fingerprint density at radius 1 is 1.29 bits per heavy atom. The average Bonchev–Trinajstić information content (AvgIpc) is 2.29. The van der Waals surface area contributed by atoms with Crippen LogP contribution in [0.5, 0.6) is 5.88 Å². The molecule has 1 heterocycles. The van der Waals surface area contributed by atoms with E-state index in [1.807, 2.05) is 0 Å². The number of H-pyrrole nitrogens is 1. The zero-order chi connectivity index (χ0) is 12.6. The van der Waals surface area contributed by atoms with Gasteiger partial charge in [-0.3, -0.25) is 4.79 Å². The molecule has 0 spiro atoms. The van der Waals surface area contributed by atoms with Crippen LogP contribution in [-0.4, -0.2) is 15.1 Å². The number of hydrogen-bond donors (Lipinski definition) is 2. The van der Waals surface area contributed by atoms with E-state index in [9.17, 15) is 9.90 Å². The van der Waals surface area contributed by atoms with E-state index >= 15 is 0 Å². The van der Waals surface area contributed by atoms with E-state index in [4.69, 9.17) is 23.2 Å². The topological polar surface area (TPSA) is 66.0 Å². The first-order chi connectivity index (χ1) is 7.99. The second kappa shape index (κ2) is 4.83. The van der Waals surface area contributed by atoms with E-state index in [-0.39, 0.29) is 15.3 Å². The molecule has 0 unspecified atom stereocenters. The third-order valence-electron chi connectivity index (χ3n) is 2.04. The van der Waals surface area contributed by atoms with E-state index in [2.05, 4.69) is 9.97 Å². The molecule has 88 valence electrons. The lowest BCUT2D eigenvalue weighted by molar-refractivity contribution is 0.447. The van der Waals surface area contributed by atoms with Crippen LogP contribution < -0.4 is 5.56 Å². The van der Waals surface area contributed by atoms with E-state index in [1.54, 1.807) is 40.8 Å². The van der Waals surface area contributed by atoms with Crippen molar-refractivity contribution in [2.45, 2.75) is 0 Å². The first kappa shape index (κ1) is 12.7. The quantitative estimate of drug-likeness (QED) is 0.745. The number of benzene rings is 1. The first-order valence-corrected chi connectivity index (χ1v) is 6.26. The Labute approximate surface area is 120 Å². The summed E-state index contributed by atoms with van der Waals surface area (Å²) in [6.45, 7) is 0. The van der Waals surface area contributed by atoms with Crippen LogP contribution in [0.25, 0.3) is 11.4 Å². The highest BCUT2D eigenvalue weighted by Crippen LogP contribution is 2.27. The van der Waals surface area contributed by atoms with Gasteiger partial charge in [0.15, 0.2) is 0 Å². The number of halogens is 3. The molecule has 2 aromatic rings. The Morgan fingerprint density at radius 2 is 2.00 bits per heavy atom. The number of aromatic nitrogens is 2. The smallest absolute Gasteiger partial charge is 0.268 e. The van der Waals surface area contributed by atoms with Crippen molar-refractivity contribution in [2.75, 3.05) is 0 Å². The van der Waals surface area contributed by atoms with Gasteiger partial charge in [0.05, 0.1) is 10.0 Å². The van der Waals surface area contributed by atoms with Gasteiger partial charge in [-0.25, -0.2) is 0 Å². The highest BCUT2D eigenvalue weighted by Gasteiger charge is 2.10. The molecule has 0 amide bonds. The van der Waals surface area contributed by atoms with Crippen LogP contribution >= 0.6 is 45.8 Å². The normalized spacial score (nSPS) is 10.5. The second-order valence-corrected chi connectivity index (χ2v) is 5.07. The minimum Gasteiger partial charge on any atom is -0.492 e. The Balaban J connectivity index is 2.61. The van der Waals surface area contributed by atoms with Gasteiger partial charge in [-0.1, -0.05) is 23.2 Å². The fraction of sp³-hybridized carbons (Fsp3) is 0. The summed E-state index contributed by atoms with van der Waals surface area (Å²) >= 11 is 13.4. The SMILES string of the molecule is O=c1[nH]c(-c2ccc(Cl)c(Cl)c2)nc(O)c1I. The van der Waals surface area contributed by atoms with Crippen molar-refractivity contribution in [3.05, 3.63) is 42.2 Å². The number of nitrogens with zero attached hydrogens (tertiary/aromatic N) is 1. The molecule has 2 rings (SSSR count). The van der Waals surface area contributed by atoms with Crippen LogP contribution in [0.2, 0.25) is 10.0 Å². The van der Waals surface area contributed by atoms with Crippen LogP contribution in [0, 0.1) is 3.57 Å². The van der Waals surface area contributed by atoms with Gasteiger partial charge in [-0.2, -0.15) is 4.98 Å². The molecule has 0 saturated carbocycles. The zero-order valence-corrected chi connectivity index (χ0v) is 11.8. The van der Waals surface area contributed by atoms with E-state index in [0.717, 1.165) is 0 Å². The van der Waals surface area contributed by atoms with Crippen molar-refractivity contribution < 1.29 is 5.11 Å². The van der Waals surface area contributed by atoms with E-state index in [1.165, 1.54) is 0 Å². The summed E-state index contributed by atoms with van der Waals surface area (Å²) in [5.74, 6) is -0.0677. The van der Waals surface area contributed by atoms with Gasteiger partial charge in [-0.15, -0.1) is 0 Å². The minimum atomic E-state index is -0.404. The molecule has 0 fully saturated rings. The summed E-state index contributed by atoms with van der Waals surface area (Å²) in [4.78, 5) is 17.9. The largest absolute Gasteiger partial charge is 0.492 e. The van der Waals surface area contributed by atoms with Crippen molar-refractivity contribution in [3.63, 3.8) is 0 Å². The average molecular weight is 383 g/mol. The number of hydrogen-bond acceptors (Lipinski definition) is 3. The van der Waals surface area contributed by atoms with Crippen LogP contribution in [0.3, 0.4) is 0 Å². The highest BCUT2D eigenvalue weighted by atomic mass is 127. The molecule has 1 aromatic heterocycles. The molecule has 0 aliphatic heterocycles. The number of aromatic hydroxyl groups is 1. The maximum atomic E-state index is 11.5. The maximum Gasteiger partial charge on any atom is 0.268 e. The van der Waals surface area contributed by atoms with Gasteiger partial charge in [0.2, 0.25) is 5.88 Å². The lowest BCUT2D eigenvalue weighted by atomic mass is 10.2. The Bertz CT molecular complexity index is 643. The van der Waals surface area contributed by atoms with Crippen LogP contribution in [0.15, 0.2) is 23.0 Å². The summed E-state index contributed by atoms with van der Waals surface area (Å²) in [6, 6.07) is 4.81. The van der Waals surface area contributed by atoms with Gasteiger partial charge in [0, 0.05) is 5.56 Å². The van der Waals surface area contributed by atoms with Gasteiger partial charge in [-0.05, 0) is 40.8 Å². The zero-order valence-electron chi connectivity index (χ0n) is 8.17. The van der Waals surface area contributed by atoms with Gasteiger partial charge in [0.1, 0.15) is 9.39 Å². The van der Waals surface area contributed by atoms with E-state index in [0.29, 0.717) is 15.6 Å².